The number of carbonyl (C=O) groups excluding carboxylic acids is 1. The number of fused-ring (bicyclic) bond motifs is 1. The maximum Gasteiger partial charge on any atom is 0.250 e. The molecule has 1 aromatic heterocycles. The zero-order valence-corrected chi connectivity index (χ0v) is 16.2. The maximum atomic E-state index is 12.2. The van der Waals surface area contributed by atoms with Crippen molar-refractivity contribution >= 4 is 27.3 Å². The van der Waals surface area contributed by atoms with E-state index in [4.69, 9.17) is 9.47 Å². The SMILES string of the molecule is CC(=O)N(CCNS(=O)(=O)c1ccc(C)s1)Cc1ccc2c(c1)OCO2. The smallest absolute Gasteiger partial charge is 0.250 e. The molecule has 0 radical (unpaired) electrons. The van der Waals surface area contributed by atoms with Gasteiger partial charge in [-0.2, -0.15) is 0 Å². The van der Waals surface area contributed by atoms with Gasteiger partial charge < -0.3 is 14.4 Å². The average molecular weight is 396 g/mol. The van der Waals surface area contributed by atoms with Crippen LogP contribution in [0, 0.1) is 6.92 Å². The van der Waals surface area contributed by atoms with Gasteiger partial charge in [-0.1, -0.05) is 6.07 Å². The molecule has 1 N–H and O–H groups in total. The van der Waals surface area contributed by atoms with Gasteiger partial charge in [-0.3, -0.25) is 4.79 Å². The quantitative estimate of drug-likeness (QED) is 0.775. The molecule has 0 saturated heterocycles. The number of amides is 1. The third-order valence-electron chi connectivity index (χ3n) is 3.91. The highest BCUT2D eigenvalue weighted by Crippen LogP contribution is 2.32. The van der Waals surface area contributed by atoms with Crippen LogP contribution in [0.5, 0.6) is 11.5 Å². The Balaban J connectivity index is 1.60. The number of nitrogens with one attached hydrogen (secondary N) is 1. The topological polar surface area (TPSA) is 84.9 Å². The monoisotopic (exact) mass is 396 g/mol. The molecule has 1 aliphatic heterocycles. The van der Waals surface area contributed by atoms with E-state index in [-0.39, 0.29) is 30.0 Å². The molecule has 9 heteroatoms. The summed E-state index contributed by atoms with van der Waals surface area (Å²) in [5.74, 6) is 1.20. The van der Waals surface area contributed by atoms with Crippen LogP contribution in [0.4, 0.5) is 0 Å². The molecular formula is C17H20N2O5S2. The van der Waals surface area contributed by atoms with E-state index in [0.29, 0.717) is 18.0 Å². The van der Waals surface area contributed by atoms with E-state index >= 15 is 0 Å². The van der Waals surface area contributed by atoms with Gasteiger partial charge in [0.05, 0.1) is 0 Å². The van der Waals surface area contributed by atoms with Crippen molar-refractivity contribution in [3.63, 3.8) is 0 Å². The first-order valence-electron chi connectivity index (χ1n) is 8.05. The normalized spacial score (nSPS) is 13.0. The molecule has 0 atom stereocenters. The summed E-state index contributed by atoms with van der Waals surface area (Å²) >= 11 is 1.22. The molecule has 2 heterocycles. The lowest BCUT2D eigenvalue weighted by atomic mass is 10.2. The van der Waals surface area contributed by atoms with Gasteiger partial charge in [-0.15, -0.1) is 11.3 Å². The standard InChI is InChI=1S/C17H20N2O5S2/c1-12-3-6-17(25-12)26(21,22)18-7-8-19(13(2)20)10-14-4-5-15-16(9-14)24-11-23-15/h3-6,9,18H,7-8,10-11H2,1-2H3. The Bertz CT molecular complexity index is 908. The van der Waals surface area contributed by atoms with Crippen LogP contribution < -0.4 is 14.2 Å². The Labute approximate surface area is 156 Å². The maximum absolute atomic E-state index is 12.2. The number of benzene rings is 1. The molecule has 1 amide bonds. The lowest BCUT2D eigenvalue weighted by Gasteiger charge is -2.21. The third-order valence-corrected chi connectivity index (χ3v) is 6.86. The van der Waals surface area contributed by atoms with Crippen LogP contribution in [0.2, 0.25) is 0 Å². The Hall–Kier alpha value is -2.10. The summed E-state index contributed by atoms with van der Waals surface area (Å²) in [6.45, 7) is 4.29. The number of carbonyl (C=O) groups is 1. The van der Waals surface area contributed by atoms with Crippen molar-refractivity contribution < 1.29 is 22.7 Å². The second-order valence-corrected chi connectivity index (χ2v) is 9.17. The Morgan fingerprint density at radius 1 is 1.23 bits per heavy atom. The van der Waals surface area contributed by atoms with E-state index in [0.717, 1.165) is 10.4 Å². The molecule has 1 aromatic carbocycles. The van der Waals surface area contributed by atoms with Crippen LogP contribution in [0.15, 0.2) is 34.5 Å². The second kappa shape index (κ2) is 7.65. The van der Waals surface area contributed by atoms with Crippen molar-refractivity contribution in [1.29, 1.82) is 0 Å². The van der Waals surface area contributed by atoms with Crippen molar-refractivity contribution in [3.8, 4) is 11.5 Å². The zero-order chi connectivity index (χ0) is 18.7. The van der Waals surface area contributed by atoms with Gasteiger partial charge in [-0.05, 0) is 36.8 Å². The number of nitrogens with zero attached hydrogens (tertiary/aromatic N) is 1. The Morgan fingerprint density at radius 2 is 2.00 bits per heavy atom. The molecule has 3 rings (SSSR count). The predicted octanol–water partition coefficient (Wildman–Crippen LogP) is 2.11. The fraction of sp³-hybridized carbons (Fsp3) is 0.353. The van der Waals surface area contributed by atoms with Gasteiger partial charge in [-0.25, -0.2) is 13.1 Å². The largest absolute Gasteiger partial charge is 0.454 e. The molecule has 0 bridgehead atoms. The van der Waals surface area contributed by atoms with Gasteiger partial charge in [0.1, 0.15) is 4.21 Å². The third kappa shape index (κ3) is 4.35. The van der Waals surface area contributed by atoms with Crippen molar-refractivity contribution in [3.05, 3.63) is 40.8 Å². The number of sulfonamides is 1. The van der Waals surface area contributed by atoms with Gasteiger partial charge in [0.2, 0.25) is 22.7 Å². The molecule has 7 nitrogen and oxygen atoms in total. The lowest BCUT2D eigenvalue weighted by molar-refractivity contribution is -0.129. The fourth-order valence-electron chi connectivity index (χ4n) is 2.55. The lowest BCUT2D eigenvalue weighted by Crippen LogP contribution is -2.36. The molecule has 0 spiro atoms. The number of hydrogen-bond acceptors (Lipinski definition) is 6. The van der Waals surface area contributed by atoms with Crippen LogP contribution in [0.3, 0.4) is 0 Å². The van der Waals surface area contributed by atoms with Crippen LogP contribution in [-0.4, -0.2) is 39.1 Å². The van der Waals surface area contributed by atoms with E-state index in [1.54, 1.807) is 23.1 Å². The molecule has 0 fully saturated rings. The van der Waals surface area contributed by atoms with Crippen molar-refractivity contribution in [2.75, 3.05) is 19.9 Å². The van der Waals surface area contributed by atoms with Crippen LogP contribution in [0.25, 0.3) is 0 Å². The molecule has 0 aliphatic carbocycles. The summed E-state index contributed by atoms with van der Waals surface area (Å²) in [6.07, 6.45) is 0. The number of aryl methyl sites for hydroxylation is 1. The van der Waals surface area contributed by atoms with Gasteiger partial charge in [0, 0.05) is 31.4 Å². The molecule has 26 heavy (non-hydrogen) atoms. The van der Waals surface area contributed by atoms with E-state index < -0.39 is 10.0 Å². The number of thiophene rings is 1. The number of hydrogen-bond donors (Lipinski definition) is 1. The van der Waals surface area contributed by atoms with Gasteiger partial charge in [0.25, 0.3) is 0 Å². The van der Waals surface area contributed by atoms with Crippen molar-refractivity contribution in [2.24, 2.45) is 0 Å². The molecular weight excluding hydrogens is 376 g/mol. The highest BCUT2D eigenvalue weighted by Gasteiger charge is 2.18. The molecule has 2 aromatic rings. The minimum Gasteiger partial charge on any atom is -0.454 e. The van der Waals surface area contributed by atoms with E-state index in [1.165, 1.54) is 18.3 Å². The van der Waals surface area contributed by atoms with Crippen molar-refractivity contribution in [2.45, 2.75) is 24.6 Å². The van der Waals surface area contributed by atoms with E-state index in [1.807, 2.05) is 19.1 Å². The van der Waals surface area contributed by atoms with Crippen molar-refractivity contribution in [1.82, 2.24) is 9.62 Å². The highest BCUT2D eigenvalue weighted by atomic mass is 32.2. The van der Waals surface area contributed by atoms with Gasteiger partial charge >= 0.3 is 0 Å². The summed E-state index contributed by atoms with van der Waals surface area (Å²) in [5.41, 5.74) is 0.890. The first kappa shape index (κ1) is 18.7. The average Bonchev–Trinajstić information content (AvgIpc) is 3.22. The Morgan fingerprint density at radius 3 is 2.69 bits per heavy atom. The minimum atomic E-state index is -3.55. The van der Waals surface area contributed by atoms with Crippen LogP contribution in [-0.2, 0) is 21.4 Å². The summed E-state index contributed by atoms with van der Waals surface area (Å²) in [5, 5.41) is 0. The van der Waals surface area contributed by atoms with Crippen LogP contribution in [0.1, 0.15) is 17.4 Å². The zero-order valence-electron chi connectivity index (χ0n) is 14.5. The second-order valence-electron chi connectivity index (χ2n) is 5.89. The van der Waals surface area contributed by atoms with E-state index in [2.05, 4.69) is 4.72 Å². The summed E-state index contributed by atoms with van der Waals surface area (Å²) < 4.78 is 37.9. The summed E-state index contributed by atoms with van der Waals surface area (Å²) in [7, 11) is -3.55. The van der Waals surface area contributed by atoms with Crippen LogP contribution >= 0.6 is 11.3 Å². The summed E-state index contributed by atoms with van der Waals surface area (Å²) in [4.78, 5) is 14.4. The number of rotatable bonds is 7. The Kier molecular flexibility index (Phi) is 5.49. The van der Waals surface area contributed by atoms with E-state index in [9.17, 15) is 13.2 Å². The number of ether oxygens (including phenoxy) is 2. The van der Waals surface area contributed by atoms with Gasteiger partial charge in [0.15, 0.2) is 11.5 Å². The fourth-order valence-corrected chi connectivity index (χ4v) is 4.90. The molecule has 1 aliphatic rings. The predicted molar refractivity (Wildman–Crippen MR) is 97.9 cm³/mol. The molecule has 140 valence electrons. The minimum absolute atomic E-state index is 0.131. The summed E-state index contributed by atoms with van der Waals surface area (Å²) in [6, 6.07) is 8.84. The first-order chi connectivity index (χ1) is 12.3. The molecule has 0 saturated carbocycles. The molecule has 0 unspecified atom stereocenters. The highest BCUT2D eigenvalue weighted by molar-refractivity contribution is 7.91. The first-order valence-corrected chi connectivity index (χ1v) is 10.4.